The second-order valence-electron chi connectivity index (χ2n) is 4.39. The molecule has 0 radical (unpaired) electrons. The Hall–Kier alpha value is -0.300. The third kappa shape index (κ3) is 3.15. The van der Waals surface area contributed by atoms with E-state index in [2.05, 4.69) is 13.5 Å². The average molecular weight is 181 g/mol. The summed E-state index contributed by atoms with van der Waals surface area (Å²) in [5.74, 6) is 1.70. The highest BCUT2D eigenvalue weighted by Gasteiger charge is 2.24. The standard InChI is InChI=1S/C12H23N/c1-3-6-12(13)11-8-5-7-10(4-2)9-11/h3,10-12H,1,4-9,13H2,2H3. The smallest absolute Gasteiger partial charge is 0.0102 e. The zero-order chi connectivity index (χ0) is 9.68. The van der Waals surface area contributed by atoms with Gasteiger partial charge in [0.1, 0.15) is 0 Å². The molecule has 1 rings (SSSR count). The summed E-state index contributed by atoms with van der Waals surface area (Å²) in [6, 6.07) is 0.367. The Bertz CT molecular complexity index is 153. The van der Waals surface area contributed by atoms with Crippen LogP contribution >= 0.6 is 0 Å². The largest absolute Gasteiger partial charge is 0.327 e. The third-order valence-electron chi connectivity index (χ3n) is 3.45. The van der Waals surface area contributed by atoms with Crippen molar-refractivity contribution in [3.05, 3.63) is 12.7 Å². The summed E-state index contributed by atoms with van der Waals surface area (Å²) < 4.78 is 0. The minimum absolute atomic E-state index is 0.367. The molecule has 0 aromatic carbocycles. The first-order valence-electron chi connectivity index (χ1n) is 5.64. The van der Waals surface area contributed by atoms with Gasteiger partial charge in [-0.3, -0.25) is 0 Å². The first kappa shape index (κ1) is 10.8. The van der Waals surface area contributed by atoms with Crippen LogP contribution in [0, 0.1) is 11.8 Å². The quantitative estimate of drug-likeness (QED) is 0.663. The van der Waals surface area contributed by atoms with Gasteiger partial charge in [0.2, 0.25) is 0 Å². The summed E-state index contributed by atoms with van der Waals surface area (Å²) in [5.41, 5.74) is 6.10. The fourth-order valence-corrected chi connectivity index (χ4v) is 2.48. The summed E-state index contributed by atoms with van der Waals surface area (Å²) in [6.07, 6.45) is 9.78. The van der Waals surface area contributed by atoms with Crippen LogP contribution < -0.4 is 5.73 Å². The maximum Gasteiger partial charge on any atom is 0.0102 e. The van der Waals surface area contributed by atoms with E-state index in [1.165, 1.54) is 32.1 Å². The lowest BCUT2D eigenvalue weighted by atomic mass is 9.76. The van der Waals surface area contributed by atoms with Gasteiger partial charge in [-0.25, -0.2) is 0 Å². The summed E-state index contributed by atoms with van der Waals surface area (Å²) in [5, 5.41) is 0. The van der Waals surface area contributed by atoms with Crippen molar-refractivity contribution in [2.45, 2.75) is 51.5 Å². The lowest BCUT2D eigenvalue weighted by Gasteiger charge is -2.32. The molecule has 3 unspecified atom stereocenters. The van der Waals surface area contributed by atoms with E-state index in [0.29, 0.717) is 6.04 Å². The van der Waals surface area contributed by atoms with E-state index in [0.717, 1.165) is 18.3 Å². The minimum Gasteiger partial charge on any atom is -0.327 e. The fraction of sp³-hybridized carbons (Fsp3) is 0.833. The maximum atomic E-state index is 6.10. The molecular formula is C12H23N. The number of nitrogens with two attached hydrogens (primary N) is 1. The van der Waals surface area contributed by atoms with Crippen molar-refractivity contribution in [3.63, 3.8) is 0 Å². The molecule has 1 fully saturated rings. The van der Waals surface area contributed by atoms with Gasteiger partial charge in [0.25, 0.3) is 0 Å². The van der Waals surface area contributed by atoms with Gasteiger partial charge in [0.15, 0.2) is 0 Å². The number of rotatable bonds is 4. The predicted molar refractivity (Wildman–Crippen MR) is 58.5 cm³/mol. The summed E-state index contributed by atoms with van der Waals surface area (Å²) >= 11 is 0. The molecular weight excluding hydrogens is 158 g/mol. The lowest BCUT2D eigenvalue weighted by molar-refractivity contribution is 0.229. The molecule has 1 heteroatoms. The van der Waals surface area contributed by atoms with E-state index >= 15 is 0 Å². The molecule has 1 aliphatic rings. The van der Waals surface area contributed by atoms with Crippen LogP contribution in [0.4, 0.5) is 0 Å². The van der Waals surface area contributed by atoms with Crippen LogP contribution in [0.3, 0.4) is 0 Å². The van der Waals surface area contributed by atoms with E-state index < -0.39 is 0 Å². The predicted octanol–water partition coefficient (Wildman–Crippen LogP) is 3.11. The van der Waals surface area contributed by atoms with Gasteiger partial charge in [0, 0.05) is 6.04 Å². The van der Waals surface area contributed by atoms with E-state index in [4.69, 9.17) is 5.73 Å². The van der Waals surface area contributed by atoms with E-state index in [-0.39, 0.29) is 0 Å². The van der Waals surface area contributed by atoms with Crippen LogP contribution in [-0.2, 0) is 0 Å². The zero-order valence-electron chi connectivity index (χ0n) is 8.84. The van der Waals surface area contributed by atoms with Crippen LogP contribution in [0.1, 0.15) is 45.4 Å². The molecule has 0 bridgehead atoms. The molecule has 76 valence electrons. The molecule has 0 amide bonds. The summed E-state index contributed by atoms with van der Waals surface area (Å²) in [4.78, 5) is 0. The molecule has 13 heavy (non-hydrogen) atoms. The third-order valence-corrected chi connectivity index (χ3v) is 3.45. The van der Waals surface area contributed by atoms with E-state index in [1.54, 1.807) is 0 Å². The van der Waals surface area contributed by atoms with Crippen molar-refractivity contribution in [2.24, 2.45) is 17.6 Å². The molecule has 1 nitrogen and oxygen atoms in total. The van der Waals surface area contributed by atoms with Gasteiger partial charge >= 0.3 is 0 Å². The summed E-state index contributed by atoms with van der Waals surface area (Å²) in [6.45, 7) is 6.05. The highest BCUT2D eigenvalue weighted by atomic mass is 14.6. The van der Waals surface area contributed by atoms with Crippen LogP contribution in [0.5, 0.6) is 0 Å². The molecule has 1 aliphatic carbocycles. The molecule has 2 N–H and O–H groups in total. The first-order chi connectivity index (χ1) is 6.27. The van der Waals surface area contributed by atoms with Gasteiger partial charge in [-0.15, -0.1) is 6.58 Å². The van der Waals surface area contributed by atoms with Crippen LogP contribution in [0.15, 0.2) is 12.7 Å². The Morgan fingerprint density at radius 2 is 2.31 bits per heavy atom. The van der Waals surface area contributed by atoms with Crippen molar-refractivity contribution in [1.29, 1.82) is 0 Å². The molecule has 0 aromatic rings. The SMILES string of the molecule is C=CCC(N)C1CCCC(CC)C1. The van der Waals surface area contributed by atoms with Crippen molar-refractivity contribution in [2.75, 3.05) is 0 Å². The normalized spacial score (nSPS) is 31.2. The van der Waals surface area contributed by atoms with Gasteiger partial charge in [-0.2, -0.15) is 0 Å². The Morgan fingerprint density at radius 3 is 2.92 bits per heavy atom. The maximum absolute atomic E-state index is 6.10. The monoisotopic (exact) mass is 181 g/mol. The molecule has 0 aliphatic heterocycles. The lowest BCUT2D eigenvalue weighted by Crippen LogP contribution is -2.33. The first-order valence-corrected chi connectivity index (χ1v) is 5.64. The highest BCUT2D eigenvalue weighted by Crippen LogP contribution is 2.32. The molecule has 0 heterocycles. The molecule has 0 aromatic heterocycles. The fourth-order valence-electron chi connectivity index (χ4n) is 2.48. The second kappa shape index (κ2) is 5.43. The van der Waals surface area contributed by atoms with Crippen LogP contribution in [0.25, 0.3) is 0 Å². The van der Waals surface area contributed by atoms with E-state index in [9.17, 15) is 0 Å². The minimum atomic E-state index is 0.367. The van der Waals surface area contributed by atoms with Gasteiger partial charge in [-0.05, 0) is 31.1 Å². The van der Waals surface area contributed by atoms with Gasteiger partial charge in [0.05, 0.1) is 0 Å². The topological polar surface area (TPSA) is 26.0 Å². The van der Waals surface area contributed by atoms with Crippen LogP contribution in [0.2, 0.25) is 0 Å². The number of hydrogen-bond acceptors (Lipinski definition) is 1. The zero-order valence-corrected chi connectivity index (χ0v) is 8.84. The molecule has 0 saturated heterocycles. The Balaban J connectivity index is 2.36. The second-order valence-corrected chi connectivity index (χ2v) is 4.39. The molecule has 3 atom stereocenters. The van der Waals surface area contributed by atoms with Crippen LogP contribution in [-0.4, -0.2) is 6.04 Å². The van der Waals surface area contributed by atoms with Crippen molar-refractivity contribution < 1.29 is 0 Å². The Labute approximate surface area is 82.4 Å². The number of hydrogen-bond donors (Lipinski definition) is 1. The average Bonchev–Trinajstić information content (AvgIpc) is 2.18. The highest BCUT2D eigenvalue weighted by molar-refractivity contribution is 4.84. The van der Waals surface area contributed by atoms with E-state index in [1.807, 2.05) is 6.08 Å². The Kier molecular flexibility index (Phi) is 4.51. The Morgan fingerprint density at radius 1 is 1.54 bits per heavy atom. The van der Waals surface area contributed by atoms with Gasteiger partial charge < -0.3 is 5.73 Å². The van der Waals surface area contributed by atoms with Crippen molar-refractivity contribution in [3.8, 4) is 0 Å². The van der Waals surface area contributed by atoms with Crippen molar-refractivity contribution >= 4 is 0 Å². The molecule has 0 spiro atoms. The summed E-state index contributed by atoms with van der Waals surface area (Å²) in [7, 11) is 0. The van der Waals surface area contributed by atoms with Crippen molar-refractivity contribution in [1.82, 2.24) is 0 Å². The molecule has 1 saturated carbocycles. The van der Waals surface area contributed by atoms with Gasteiger partial charge in [-0.1, -0.05) is 32.3 Å².